The van der Waals surface area contributed by atoms with Crippen LogP contribution in [0.25, 0.3) is 0 Å². The Morgan fingerprint density at radius 1 is 0.560 bits per heavy atom. The molecule has 28 heteroatoms. The zero-order chi connectivity index (χ0) is 80.5. The maximum Gasteiger partial charge on any atom is 0.409 e. The Labute approximate surface area is 636 Å². The Hall–Kier alpha value is -10.1. The zero-order valence-electron chi connectivity index (χ0n) is 64.6. The van der Waals surface area contributed by atoms with Gasteiger partial charge in [-0.1, -0.05) is 107 Å². The molecule has 7 rings (SSSR count). The average molecular weight is 1510 g/mol. The minimum absolute atomic E-state index is 0.000258. The summed E-state index contributed by atoms with van der Waals surface area (Å²) in [6.07, 6.45) is 7.16. The largest absolute Gasteiger partial charge is 0.450 e. The van der Waals surface area contributed by atoms with Gasteiger partial charge in [0, 0.05) is 119 Å². The summed E-state index contributed by atoms with van der Waals surface area (Å²) in [7, 11) is 5.74. The second-order valence-corrected chi connectivity index (χ2v) is 27.8. The number of aliphatic hydroxyl groups excluding tert-OH is 2. The van der Waals surface area contributed by atoms with E-state index in [4.69, 9.17) is 44.6 Å². The van der Waals surface area contributed by atoms with Crippen LogP contribution in [0.5, 0.6) is 0 Å². The van der Waals surface area contributed by atoms with E-state index in [1.807, 2.05) is 45.0 Å². The smallest absolute Gasteiger partial charge is 0.409 e. The van der Waals surface area contributed by atoms with Crippen molar-refractivity contribution in [2.24, 2.45) is 35.1 Å². The molecule has 28 nitrogen and oxygen atoms in total. The summed E-state index contributed by atoms with van der Waals surface area (Å²) in [5, 5.41) is 33.2. The Morgan fingerprint density at radius 3 is 1.31 bits per heavy atom. The number of ketones is 4. The maximum absolute atomic E-state index is 14.1. The summed E-state index contributed by atoms with van der Waals surface area (Å²) in [6.45, 7) is 21.2. The molecule has 7 amide bonds. The van der Waals surface area contributed by atoms with E-state index in [-0.39, 0.29) is 94.3 Å². The molecule has 2 aromatic rings. The van der Waals surface area contributed by atoms with Crippen LogP contribution in [0.15, 0.2) is 166 Å². The lowest BCUT2D eigenvalue weighted by molar-refractivity contribution is -0.120. The molecule has 2 aliphatic carbocycles. The van der Waals surface area contributed by atoms with E-state index in [2.05, 4.69) is 26.2 Å². The number of carbonyl (C=O) groups is 11. The Morgan fingerprint density at radius 2 is 0.954 bits per heavy atom. The minimum Gasteiger partial charge on any atom is -0.450 e. The quantitative estimate of drug-likeness (QED) is 0.0494. The Balaban J connectivity index is 0.000000348. The first kappa shape index (κ1) is 87.8. The van der Waals surface area contributed by atoms with Gasteiger partial charge in [0.15, 0.2) is 12.2 Å². The van der Waals surface area contributed by atoms with Crippen molar-refractivity contribution in [3.8, 4) is 0 Å². The summed E-state index contributed by atoms with van der Waals surface area (Å²) in [5.74, 6) is -6.77. The average Bonchev–Trinajstić information content (AvgIpc) is 0.971. The van der Waals surface area contributed by atoms with E-state index in [0.717, 1.165) is 55.8 Å². The van der Waals surface area contributed by atoms with Gasteiger partial charge in [0.05, 0.1) is 53.8 Å². The minimum atomic E-state index is -1.05. The fourth-order valence-electron chi connectivity index (χ4n) is 13.2. The third-order valence-electron chi connectivity index (χ3n) is 19.5. The van der Waals surface area contributed by atoms with Crippen molar-refractivity contribution in [1.29, 1.82) is 0 Å². The molecule has 3 aliphatic heterocycles. The highest BCUT2D eigenvalue weighted by Crippen LogP contribution is 2.32. The number of benzene rings is 2. The number of allylic oxidation sites excluding steroid dienone is 8. The molecule has 0 aromatic heterocycles. The molecule has 3 heterocycles. The van der Waals surface area contributed by atoms with Crippen molar-refractivity contribution < 1.29 is 96.1 Å². The fraction of sp³-hybridized carbons (Fsp3) is 0.469. The van der Waals surface area contributed by atoms with Crippen LogP contribution in [-0.2, 0) is 74.8 Å². The number of aryl methyl sites for hydroxylation is 1. The van der Waals surface area contributed by atoms with Crippen LogP contribution in [0, 0.1) is 23.7 Å². The highest BCUT2D eigenvalue weighted by atomic mass is 16.6. The summed E-state index contributed by atoms with van der Waals surface area (Å²) in [5.41, 5.74) is 14.0. The van der Waals surface area contributed by atoms with E-state index in [1.54, 1.807) is 88.1 Å². The SMILES string of the molecule is CCOC(=O)N1CCN(CCc2ccc(C(=O)NC3=C4C[C@@H](C)C[C@H](OC)[C@H](O)[C@@H](C)/C=C(\C)[C@H](OC(N)=O)[C@@H](OC)/C=C\C=C(/C)C(=O)NC(=CC3=O)C4=O)cc2)CC1.CCc1ccc(C(=O)NC2=C3C[C@@H](C)C[C@H](OC)[C@H](O)[C@@H](C)/C=C(\C)[C@H](OC(N)=O)[C@@H](OC)/C=C\C=C(/C)C(=O)NC(=CC2=O)C3=O)cc1. The molecule has 0 saturated carbocycles. The van der Waals surface area contributed by atoms with Crippen molar-refractivity contribution in [3.63, 3.8) is 0 Å². The second-order valence-electron chi connectivity index (χ2n) is 27.8. The van der Waals surface area contributed by atoms with Crippen molar-refractivity contribution in [2.45, 2.75) is 157 Å². The standard InChI is InChI=1S/C44H59N5O11.C37H47N3O9/c1-8-59-44(56)49-20-18-48(19-21-49)17-16-30-12-14-31(15-13-30)42(54)47-37-32-22-26(2)23-36(58-7)38(51)28(4)24-29(5)40(60-43(45)55)35(57-6)11-9-10-27(3)41(53)46-33(39(32)52)25-34(37)50;1-8-24-12-14-25(15-13-24)36(45)40-31-26-16-20(2)17-30(48-7)32(42)22(4)18-23(5)34(49-37(38)46)29(47-6)11-9-10-21(3)35(44)39-27(33(26)43)19-28(31)41/h9-15,24-26,28,35-36,38,40,51H,8,16-23H2,1-7H3,(H2,45,55)(H,46,53)(H,47,54);9-15,18-20,22,29-30,32,34,42H,8,16-17H2,1-7H3,(H2,38,46)(H,39,44)(H,40,45)/b11-9-,27-10+,29-24+;11-9-,21-10+,23-18+/t26-,28+,35+,36+,38-,40+;20-,22+,29+,30+,32-,34+/m11/s1. The van der Waals surface area contributed by atoms with Crippen LogP contribution >= 0.6 is 0 Å². The number of nitrogens with zero attached hydrogens (tertiary/aromatic N) is 2. The first-order chi connectivity index (χ1) is 51.8. The number of piperazine rings is 1. The molecule has 1 saturated heterocycles. The summed E-state index contributed by atoms with van der Waals surface area (Å²) < 4.78 is 38.5. The molecule has 0 spiro atoms. The van der Waals surface area contributed by atoms with Crippen LogP contribution in [-0.4, -0.2) is 202 Å². The number of amides is 7. The van der Waals surface area contributed by atoms with Crippen LogP contribution in [0.3, 0.4) is 0 Å². The Bertz CT molecular complexity index is 4000. The predicted molar refractivity (Wildman–Crippen MR) is 405 cm³/mol. The number of fused-ring (bicyclic) bond motifs is 4. The zero-order valence-corrected chi connectivity index (χ0v) is 64.6. The van der Waals surface area contributed by atoms with Gasteiger partial charge in [-0.25, -0.2) is 14.4 Å². The number of primary amides is 2. The van der Waals surface area contributed by atoms with Gasteiger partial charge in [-0.3, -0.25) is 43.3 Å². The highest BCUT2D eigenvalue weighted by molar-refractivity contribution is 6.26. The lowest BCUT2D eigenvalue weighted by atomic mass is 9.85. The first-order valence-electron chi connectivity index (χ1n) is 36.4. The van der Waals surface area contributed by atoms with Crippen molar-refractivity contribution >= 4 is 65.0 Å². The summed E-state index contributed by atoms with van der Waals surface area (Å²) in [6, 6.07) is 13.9. The van der Waals surface area contributed by atoms with Gasteiger partial charge in [-0.15, -0.1) is 0 Å². The molecular formula is C81H106N8O20. The number of Topliss-reactive ketones (excluding diaryl/α,β-unsaturated/α-hetero) is 2. The molecule has 12 atom stereocenters. The number of rotatable bonds is 15. The van der Waals surface area contributed by atoms with Gasteiger partial charge in [0.1, 0.15) is 12.2 Å². The highest BCUT2D eigenvalue weighted by Gasteiger charge is 2.38. The van der Waals surface area contributed by atoms with E-state index < -0.39 is 120 Å². The Kier molecular flexibility index (Phi) is 33.9. The summed E-state index contributed by atoms with van der Waals surface area (Å²) in [4.78, 5) is 148. The summed E-state index contributed by atoms with van der Waals surface area (Å²) >= 11 is 0. The lowest BCUT2D eigenvalue weighted by Gasteiger charge is -2.34. The number of methoxy groups -OCH3 is 4. The van der Waals surface area contributed by atoms with Crippen molar-refractivity contribution in [2.75, 3.05) is 67.8 Å². The number of ether oxygens (including phenoxy) is 7. The second kappa shape index (κ2) is 42.0. The van der Waals surface area contributed by atoms with Crippen molar-refractivity contribution in [1.82, 2.24) is 31.1 Å². The third kappa shape index (κ3) is 25.0. The molecule has 4 bridgehead atoms. The molecule has 5 aliphatic rings. The van der Waals surface area contributed by atoms with Gasteiger partial charge >= 0.3 is 18.3 Å². The number of hydrogen-bond acceptors (Lipinski definition) is 21. The number of carbonyl (C=O) groups excluding carboxylic acids is 11. The van der Waals surface area contributed by atoms with E-state index in [1.165, 1.54) is 66.6 Å². The number of aliphatic hydroxyl groups is 2. The number of hydrogen-bond donors (Lipinski definition) is 8. The predicted octanol–water partition coefficient (Wildman–Crippen LogP) is 7.26. The molecule has 1 fully saturated rings. The van der Waals surface area contributed by atoms with Gasteiger partial charge in [-0.2, -0.15) is 0 Å². The lowest BCUT2D eigenvalue weighted by Crippen LogP contribution is -2.49. The third-order valence-corrected chi connectivity index (χ3v) is 19.5. The van der Waals surface area contributed by atoms with E-state index in [0.29, 0.717) is 36.4 Å². The topological polar surface area (TPSA) is 399 Å². The van der Waals surface area contributed by atoms with E-state index in [9.17, 15) is 63.0 Å². The molecular weight excluding hydrogens is 1400 g/mol. The molecule has 0 unspecified atom stereocenters. The molecule has 0 radical (unpaired) electrons. The number of nitrogens with two attached hydrogens (primary N) is 2. The van der Waals surface area contributed by atoms with Crippen LogP contribution in [0.1, 0.15) is 127 Å². The first-order valence-corrected chi connectivity index (χ1v) is 36.4. The normalized spacial score (nSPS) is 28.0. The molecule has 590 valence electrons. The maximum atomic E-state index is 14.1. The molecule has 109 heavy (non-hydrogen) atoms. The van der Waals surface area contributed by atoms with Gasteiger partial charge < -0.3 is 81.0 Å². The monoisotopic (exact) mass is 1510 g/mol. The van der Waals surface area contributed by atoms with Crippen molar-refractivity contribution in [3.05, 3.63) is 188 Å². The fourth-order valence-corrected chi connectivity index (χ4v) is 13.2. The van der Waals surface area contributed by atoms with E-state index >= 15 is 0 Å². The molecule has 2 aromatic carbocycles. The van der Waals surface area contributed by atoms with Gasteiger partial charge in [-0.05, 0) is 132 Å². The van der Waals surface area contributed by atoms with Crippen LogP contribution < -0.4 is 32.7 Å². The van der Waals surface area contributed by atoms with Crippen LogP contribution in [0.2, 0.25) is 0 Å². The molecule has 10 N–H and O–H groups in total. The number of nitrogens with one attached hydrogen (secondary N) is 4. The van der Waals surface area contributed by atoms with Gasteiger partial charge in [0.2, 0.25) is 23.1 Å². The van der Waals surface area contributed by atoms with Gasteiger partial charge in [0.25, 0.3) is 23.6 Å². The van der Waals surface area contributed by atoms with Crippen LogP contribution in [0.4, 0.5) is 14.4 Å².